The van der Waals surface area contributed by atoms with Gasteiger partial charge in [-0.2, -0.15) is 4.31 Å². The summed E-state index contributed by atoms with van der Waals surface area (Å²) in [6.07, 6.45) is 3.92. The van der Waals surface area contributed by atoms with E-state index in [4.69, 9.17) is 0 Å². The molecule has 0 heterocycles. The van der Waals surface area contributed by atoms with Crippen LogP contribution in [0.15, 0.2) is 29.2 Å². The highest BCUT2D eigenvalue weighted by atomic mass is 32.2. The standard InChI is InChI=1S/C16H26N2O2S/c1-4-5-11-18(15-9-10-15)21(19,20)16-8-6-7-14(12-16)13(2)17-3/h6-8,12-13,15,17H,4-5,9-11H2,1-3H3. The van der Waals surface area contributed by atoms with Crippen LogP contribution in [0.3, 0.4) is 0 Å². The van der Waals surface area contributed by atoms with Crippen LogP contribution in [0.2, 0.25) is 0 Å². The molecule has 21 heavy (non-hydrogen) atoms. The van der Waals surface area contributed by atoms with Crippen LogP contribution in [-0.2, 0) is 10.0 Å². The van der Waals surface area contributed by atoms with Gasteiger partial charge in [-0.1, -0.05) is 25.5 Å². The van der Waals surface area contributed by atoms with Crippen molar-refractivity contribution in [1.82, 2.24) is 9.62 Å². The molecule has 1 aliphatic carbocycles. The minimum atomic E-state index is -3.37. The molecule has 0 saturated heterocycles. The fraction of sp³-hybridized carbons (Fsp3) is 0.625. The number of unbranched alkanes of at least 4 members (excludes halogenated alkanes) is 1. The topological polar surface area (TPSA) is 49.4 Å². The molecule has 1 unspecified atom stereocenters. The molecular formula is C16H26N2O2S. The zero-order valence-electron chi connectivity index (χ0n) is 13.2. The van der Waals surface area contributed by atoms with Crippen molar-refractivity contribution in [3.63, 3.8) is 0 Å². The maximum atomic E-state index is 12.9. The van der Waals surface area contributed by atoms with E-state index < -0.39 is 10.0 Å². The number of hydrogen-bond donors (Lipinski definition) is 1. The second-order valence-electron chi connectivity index (χ2n) is 5.78. The van der Waals surface area contributed by atoms with Crippen molar-refractivity contribution in [2.75, 3.05) is 13.6 Å². The summed E-state index contributed by atoms with van der Waals surface area (Å²) in [5.74, 6) is 0. The van der Waals surface area contributed by atoms with Gasteiger partial charge >= 0.3 is 0 Å². The number of benzene rings is 1. The molecule has 118 valence electrons. The minimum Gasteiger partial charge on any atom is -0.313 e. The second kappa shape index (κ2) is 6.90. The van der Waals surface area contributed by atoms with E-state index in [9.17, 15) is 8.42 Å². The van der Waals surface area contributed by atoms with E-state index in [1.807, 2.05) is 26.1 Å². The lowest BCUT2D eigenvalue weighted by atomic mass is 10.1. The molecule has 1 N–H and O–H groups in total. The summed E-state index contributed by atoms with van der Waals surface area (Å²) in [5, 5.41) is 3.15. The molecule has 1 saturated carbocycles. The maximum absolute atomic E-state index is 12.9. The predicted molar refractivity (Wildman–Crippen MR) is 85.7 cm³/mol. The average Bonchev–Trinajstić information content (AvgIpc) is 3.31. The van der Waals surface area contributed by atoms with Gasteiger partial charge in [0.1, 0.15) is 0 Å². The van der Waals surface area contributed by atoms with E-state index >= 15 is 0 Å². The lowest BCUT2D eigenvalue weighted by molar-refractivity contribution is 0.395. The first-order valence-corrected chi connectivity index (χ1v) is 9.23. The van der Waals surface area contributed by atoms with E-state index in [1.165, 1.54) is 0 Å². The summed E-state index contributed by atoms with van der Waals surface area (Å²) in [6, 6.07) is 7.67. The van der Waals surface area contributed by atoms with Gasteiger partial charge in [-0.25, -0.2) is 8.42 Å². The summed E-state index contributed by atoms with van der Waals surface area (Å²) in [5.41, 5.74) is 1.00. The van der Waals surface area contributed by atoms with Crippen LogP contribution in [0.25, 0.3) is 0 Å². The number of nitrogens with one attached hydrogen (secondary N) is 1. The Morgan fingerprint density at radius 3 is 2.67 bits per heavy atom. The smallest absolute Gasteiger partial charge is 0.243 e. The van der Waals surface area contributed by atoms with Crippen molar-refractivity contribution in [2.24, 2.45) is 0 Å². The Bertz CT molecular complexity index is 567. The Morgan fingerprint density at radius 2 is 2.10 bits per heavy atom. The van der Waals surface area contributed by atoms with E-state index in [-0.39, 0.29) is 12.1 Å². The summed E-state index contributed by atoms with van der Waals surface area (Å²) in [7, 11) is -1.49. The molecule has 0 spiro atoms. The third-order valence-corrected chi connectivity index (χ3v) is 6.03. The number of nitrogens with zero attached hydrogens (tertiary/aromatic N) is 1. The Labute approximate surface area is 128 Å². The van der Waals surface area contributed by atoms with Crippen molar-refractivity contribution in [2.45, 2.75) is 56.5 Å². The monoisotopic (exact) mass is 310 g/mol. The largest absolute Gasteiger partial charge is 0.313 e. The van der Waals surface area contributed by atoms with Gasteiger partial charge in [0.25, 0.3) is 0 Å². The molecule has 5 heteroatoms. The normalized spacial score (nSPS) is 17.1. The van der Waals surface area contributed by atoms with Gasteiger partial charge in [0, 0.05) is 18.6 Å². The van der Waals surface area contributed by atoms with E-state index in [2.05, 4.69) is 12.2 Å². The highest BCUT2D eigenvalue weighted by molar-refractivity contribution is 7.89. The SMILES string of the molecule is CCCCN(C1CC1)S(=O)(=O)c1cccc(C(C)NC)c1. The van der Waals surface area contributed by atoms with Crippen LogP contribution in [0.4, 0.5) is 0 Å². The molecule has 2 rings (SSSR count). The molecule has 0 radical (unpaired) electrons. The van der Waals surface area contributed by atoms with Gasteiger partial charge in [-0.3, -0.25) is 0 Å². The number of sulfonamides is 1. The zero-order valence-corrected chi connectivity index (χ0v) is 14.0. The predicted octanol–water partition coefficient (Wildman–Crippen LogP) is 2.92. The lowest BCUT2D eigenvalue weighted by Crippen LogP contribution is -2.34. The summed E-state index contributed by atoms with van der Waals surface area (Å²) < 4.78 is 27.5. The third kappa shape index (κ3) is 3.84. The van der Waals surface area contributed by atoms with Crippen LogP contribution in [0.1, 0.15) is 51.1 Å². The van der Waals surface area contributed by atoms with Crippen LogP contribution < -0.4 is 5.32 Å². The van der Waals surface area contributed by atoms with Gasteiger partial charge < -0.3 is 5.32 Å². The van der Waals surface area contributed by atoms with Gasteiger partial charge in [0.15, 0.2) is 0 Å². The molecule has 1 aliphatic rings. The van der Waals surface area contributed by atoms with Gasteiger partial charge in [-0.15, -0.1) is 0 Å². The average molecular weight is 310 g/mol. The molecule has 0 amide bonds. The van der Waals surface area contributed by atoms with Crippen molar-refractivity contribution in [3.8, 4) is 0 Å². The van der Waals surface area contributed by atoms with Crippen LogP contribution in [-0.4, -0.2) is 32.4 Å². The number of hydrogen-bond acceptors (Lipinski definition) is 3. The summed E-state index contributed by atoms with van der Waals surface area (Å²) in [6.45, 7) is 4.75. The molecule has 0 aromatic heterocycles. The van der Waals surface area contributed by atoms with E-state index in [0.717, 1.165) is 31.2 Å². The summed E-state index contributed by atoms with van der Waals surface area (Å²) >= 11 is 0. The molecule has 1 aromatic rings. The molecule has 4 nitrogen and oxygen atoms in total. The fourth-order valence-electron chi connectivity index (χ4n) is 2.42. The van der Waals surface area contributed by atoms with E-state index in [0.29, 0.717) is 11.4 Å². The highest BCUT2D eigenvalue weighted by Gasteiger charge is 2.37. The first-order valence-electron chi connectivity index (χ1n) is 7.79. The van der Waals surface area contributed by atoms with Crippen LogP contribution in [0, 0.1) is 0 Å². The lowest BCUT2D eigenvalue weighted by Gasteiger charge is -2.22. The first-order chi connectivity index (χ1) is 10.0. The van der Waals surface area contributed by atoms with Crippen molar-refractivity contribution >= 4 is 10.0 Å². The Kier molecular flexibility index (Phi) is 5.41. The quantitative estimate of drug-likeness (QED) is 0.803. The summed E-state index contributed by atoms with van der Waals surface area (Å²) in [4.78, 5) is 0.421. The Morgan fingerprint density at radius 1 is 1.38 bits per heavy atom. The van der Waals surface area contributed by atoms with Crippen molar-refractivity contribution in [3.05, 3.63) is 29.8 Å². The fourth-order valence-corrected chi connectivity index (χ4v) is 4.20. The third-order valence-electron chi connectivity index (χ3n) is 4.08. The molecular weight excluding hydrogens is 284 g/mol. The van der Waals surface area contributed by atoms with Gasteiger partial charge in [0.05, 0.1) is 4.90 Å². The number of rotatable bonds is 8. The Hall–Kier alpha value is -0.910. The van der Waals surface area contributed by atoms with Crippen LogP contribution >= 0.6 is 0 Å². The maximum Gasteiger partial charge on any atom is 0.243 e. The van der Waals surface area contributed by atoms with Crippen molar-refractivity contribution < 1.29 is 8.42 Å². The van der Waals surface area contributed by atoms with Gasteiger partial charge in [0.2, 0.25) is 10.0 Å². The molecule has 0 aliphatic heterocycles. The Balaban J connectivity index is 2.28. The van der Waals surface area contributed by atoms with Crippen molar-refractivity contribution in [1.29, 1.82) is 0 Å². The second-order valence-corrected chi connectivity index (χ2v) is 7.67. The zero-order chi connectivity index (χ0) is 15.5. The molecule has 0 bridgehead atoms. The van der Waals surface area contributed by atoms with E-state index in [1.54, 1.807) is 16.4 Å². The highest BCUT2D eigenvalue weighted by Crippen LogP contribution is 2.32. The van der Waals surface area contributed by atoms with Gasteiger partial charge in [-0.05, 0) is 50.9 Å². The molecule has 1 aromatic carbocycles. The first kappa shape index (κ1) is 16.5. The molecule has 1 atom stereocenters. The minimum absolute atomic E-state index is 0.144. The molecule has 1 fully saturated rings. The van der Waals surface area contributed by atoms with Crippen LogP contribution in [0.5, 0.6) is 0 Å².